The van der Waals surface area contributed by atoms with E-state index >= 15 is 0 Å². The zero-order valence-corrected chi connectivity index (χ0v) is 12.8. The van der Waals surface area contributed by atoms with Gasteiger partial charge in [0, 0.05) is 7.12 Å². The van der Waals surface area contributed by atoms with Crippen molar-refractivity contribution in [3.8, 4) is 0 Å². The number of thiocarbonyl (C=S) groups is 1. The van der Waals surface area contributed by atoms with Gasteiger partial charge in [-0.15, -0.1) is 0 Å². The molecule has 0 radical (unpaired) electrons. The van der Waals surface area contributed by atoms with E-state index in [1.165, 1.54) is 10.6 Å². The molecule has 0 saturated heterocycles. The fraction of sp³-hybridized carbons (Fsp3) is 0.133. The summed E-state index contributed by atoms with van der Waals surface area (Å²) in [6.07, 6.45) is 0.957. The molecule has 18 heavy (non-hydrogen) atoms. The molecule has 0 aliphatic rings. The lowest BCUT2D eigenvalue weighted by Crippen LogP contribution is -2.09. The van der Waals surface area contributed by atoms with E-state index in [9.17, 15) is 0 Å². The summed E-state index contributed by atoms with van der Waals surface area (Å²) in [5.74, 6) is 0. The quantitative estimate of drug-likeness (QED) is 0.600. The summed E-state index contributed by atoms with van der Waals surface area (Å²) < 4.78 is 1.09. The van der Waals surface area contributed by atoms with Crippen molar-refractivity contribution in [3.05, 3.63) is 60.7 Å². The summed E-state index contributed by atoms with van der Waals surface area (Å²) >= 11 is 7.26. The summed E-state index contributed by atoms with van der Waals surface area (Å²) in [5.41, 5.74) is 0. The lowest BCUT2D eigenvalue weighted by Gasteiger charge is -2.17. The highest BCUT2D eigenvalue weighted by atomic mass is 32.7. The van der Waals surface area contributed by atoms with Crippen LogP contribution in [0.4, 0.5) is 0 Å². The Kier molecular flexibility index (Phi) is 5.37. The van der Waals surface area contributed by atoms with E-state index < -0.39 is 7.12 Å². The maximum Gasteiger partial charge on any atom is 0.0524 e. The molecule has 0 saturated carbocycles. The summed E-state index contributed by atoms with van der Waals surface area (Å²) in [4.78, 5) is 0. The average Bonchev–Trinajstić information content (AvgIpc) is 2.46. The molecule has 0 atom stereocenters. The van der Waals surface area contributed by atoms with Gasteiger partial charge in [-0.05, 0) is 17.0 Å². The predicted molar refractivity (Wildman–Crippen MR) is 89.6 cm³/mol. The van der Waals surface area contributed by atoms with Gasteiger partial charge in [-0.3, -0.25) is 0 Å². The van der Waals surface area contributed by atoms with E-state index in [0.29, 0.717) is 0 Å². The Morgan fingerprint density at radius 3 is 1.78 bits per heavy atom. The van der Waals surface area contributed by atoms with E-state index in [4.69, 9.17) is 12.2 Å². The summed E-state index contributed by atoms with van der Waals surface area (Å²) in [5, 5.41) is 2.75. The molecular formula is C15H15PS2. The van der Waals surface area contributed by atoms with E-state index in [1.807, 2.05) is 11.4 Å². The van der Waals surface area contributed by atoms with Gasteiger partial charge in [0.25, 0.3) is 0 Å². The van der Waals surface area contributed by atoms with E-state index in [2.05, 4.69) is 67.6 Å². The molecule has 0 amide bonds. The second kappa shape index (κ2) is 7.04. The second-order valence-electron chi connectivity index (χ2n) is 3.78. The molecule has 0 nitrogen and oxygen atoms in total. The highest BCUT2D eigenvalue weighted by Crippen LogP contribution is 2.48. The second-order valence-corrected chi connectivity index (χ2v) is 8.47. The van der Waals surface area contributed by atoms with Crippen LogP contribution in [0.3, 0.4) is 0 Å². The van der Waals surface area contributed by atoms with Gasteiger partial charge in [0.2, 0.25) is 0 Å². The third kappa shape index (κ3) is 3.65. The van der Waals surface area contributed by atoms with Gasteiger partial charge in [0.05, 0.1) is 4.20 Å². The van der Waals surface area contributed by atoms with Gasteiger partial charge in [-0.2, -0.15) is 0 Å². The van der Waals surface area contributed by atoms with Crippen molar-refractivity contribution in [2.75, 3.05) is 0 Å². The monoisotopic (exact) mass is 290 g/mol. The molecule has 0 fully saturated rings. The van der Waals surface area contributed by atoms with Gasteiger partial charge >= 0.3 is 0 Å². The normalized spacial score (nSPS) is 10.6. The smallest absolute Gasteiger partial charge is 0.0524 e. The fourth-order valence-electron chi connectivity index (χ4n) is 1.55. The number of benzene rings is 2. The summed E-state index contributed by atoms with van der Waals surface area (Å²) in [6, 6.07) is 21.3. The molecule has 2 aromatic rings. The minimum Gasteiger partial charge on any atom is -0.0815 e. The Morgan fingerprint density at radius 2 is 1.39 bits per heavy atom. The maximum atomic E-state index is 5.41. The van der Waals surface area contributed by atoms with Crippen LogP contribution in [0.1, 0.15) is 13.3 Å². The molecular weight excluding hydrogens is 275 g/mol. The van der Waals surface area contributed by atoms with Gasteiger partial charge < -0.3 is 0 Å². The third-order valence-corrected chi connectivity index (χ3v) is 8.06. The largest absolute Gasteiger partial charge is 0.0815 e. The lowest BCUT2D eigenvalue weighted by atomic mass is 10.4. The van der Waals surface area contributed by atoms with Crippen molar-refractivity contribution in [2.24, 2.45) is 0 Å². The van der Waals surface area contributed by atoms with Gasteiger partial charge in [0.15, 0.2) is 0 Å². The molecule has 0 N–H and O–H groups in total. The lowest BCUT2D eigenvalue weighted by molar-refractivity contribution is 1.35. The number of rotatable bonds is 4. The van der Waals surface area contributed by atoms with E-state index in [0.717, 1.165) is 10.6 Å². The zero-order chi connectivity index (χ0) is 12.8. The van der Waals surface area contributed by atoms with Gasteiger partial charge in [-0.1, -0.05) is 91.2 Å². The van der Waals surface area contributed by atoms with Gasteiger partial charge in [-0.25, -0.2) is 0 Å². The third-order valence-electron chi connectivity index (χ3n) is 2.46. The average molecular weight is 290 g/mol. The molecule has 0 aliphatic carbocycles. The Hall–Kier alpha value is -0.690. The zero-order valence-electron chi connectivity index (χ0n) is 10.2. The van der Waals surface area contributed by atoms with Crippen molar-refractivity contribution >= 4 is 45.5 Å². The van der Waals surface area contributed by atoms with Crippen LogP contribution in [-0.4, -0.2) is 4.20 Å². The van der Waals surface area contributed by atoms with Crippen molar-refractivity contribution in [1.29, 1.82) is 0 Å². The molecule has 0 unspecified atom stereocenters. The van der Waals surface area contributed by atoms with Crippen LogP contribution in [0, 0.1) is 0 Å². The van der Waals surface area contributed by atoms with Crippen LogP contribution in [0.15, 0.2) is 60.7 Å². The first-order valence-corrected chi connectivity index (χ1v) is 9.09. The van der Waals surface area contributed by atoms with Crippen LogP contribution < -0.4 is 10.6 Å². The van der Waals surface area contributed by atoms with Crippen LogP contribution in [0.2, 0.25) is 0 Å². The van der Waals surface area contributed by atoms with E-state index in [1.54, 1.807) is 0 Å². The Morgan fingerprint density at radius 1 is 0.944 bits per heavy atom. The maximum absolute atomic E-state index is 5.41. The Bertz CT molecular complexity index is 457. The molecule has 2 rings (SSSR count). The topological polar surface area (TPSA) is 0 Å². The highest BCUT2D eigenvalue weighted by molar-refractivity contribution is 8.69. The molecule has 0 heterocycles. The first-order chi connectivity index (χ1) is 8.81. The van der Waals surface area contributed by atoms with Crippen LogP contribution in [-0.2, 0) is 0 Å². The molecule has 92 valence electrons. The molecule has 0 aliphatic heterocycles. The Balaban J connectivity index is 2.32. The Labute approximate surface area is 119 Å². The van der Waals surface area contributed by atoms with Crippen LogP contribution in [0.25, 0.3) is 0 Å². The van der Waals surface area contributed by atoms with Crippen LogP contribution >= 0.6 is 30.7 Å². The first kappa shape index (κ1) is 13.7. The highest BCUT2D eigenvalue weighted by Gasteiger charge is 2.15. The molecule has 2 aromatic carbocycles. The minimum atomic E-state index is -0.421. The minimum absolute atomic E-state index is 0.421. The van der Waals surface area contributed by atoms with Crippen molar-refractivity contribution in [1.82, 2.24) is 0 Å². The summed E-state index contributed by atoms with van der Waals surface area (Å²) in [6.45, 7) is 2.12. The molecule has 0 bridgehead atoms. The van der Waals surface area contributed by atoms with Gasteiger partial charge in [0.1, 0.15) is 0 Å². The van der Waals surface area contributed by atoms with Crippen LogP contribution in [0.5, 0.6) is 0 Å². The predicted octanol–water partition coefficient (Wildman–Crippen LogP) is 4.50. The summed E-state index contributed by atoms with van der Waals surface area (Å²) in [7, 11) is -0.421. The fourth-order valence-corrected chi connectivity index (χ4v) is 6.31. The van der Waals surface area contributed by atoms with Crippen molar-refractivity contribution in [2.45, 2.75) is 13.3 Å². The molecule has 0 spiro atoms. The van der Waals surface area contributed by atoms with Crippen molar-refractivity contribution in [3.63, 3.8) is 0 Å². The molecule has 3 heteroatoms. The van der Waals surface area contributed by atoms with Crippen molar-refractivity contribution < 1.29 is 0 Å². The SMILES string of the molecule is CCC(=S)SP(c1ccccc1)c1ccccc1. The number of hydrogen-bond acceptors (Lipinski definition) is 2. The first-order valence-electron chi connectivity index (χ1n) is 5.92. The number of hydrogen-bond donors (Lipinski definition) is 0. The van der Waals surface area contributed by atoms with E-state index in [-0.39, 0.29) is 0 Å². The standard InChI is InChI=1S/C15H15PS2/c1-2-15(17)18-16(13-9-5-3-6-10-13)14-11-7-4-8-12-14/h3-12H,2H2,1H3. The molecule has 0 aromatic heterocycles.